The monoisotopic (exact) mass is 259 g/mol. The average molecular weight is 259 g/mol. The van der Waals surface area contributed by atoms with E-state index in [9.17, 15) is 4.79 Å². The minimum Gasteiger partial charge on any atom is -0.351 e. The Bertz CT molecular complexity index is 645. The van der Waals surface area contributed by atoms with Crippen molar-refractivity contribution in [3.05, 3.63) is 28.7 Å². The summed E-state index contributed by atoms with van der Waals surface area (Å²) < 4.78 is 1.55. The third-order valence-electron chi connectivity index (χ3n) is 3.52. The molecule has 0 bridgehead atoms. The first-order valence-electron chi connectivity index (χ1n) is 6.54. The molecule has 0 atom stereocenters. The first kappa shape index (κ1) is 12.1. The molecule has 0 unspecified atom stereocenters. The van der Waals surface area contributed by atoms with Crippen molar-refractivity contribution in [1.82, 2.24) is 19.9 Å². The van der Waals surface area contributed by atoms with Gasteiger partial charge < -0.3 is 10.6 Å². The predicted molar refractivity (Wildman–Crippen MR) is 74.3 cm³/mol. The van der Waals surface area contributed by atoms with Gasteiger partial charge in [-0.15, -0.1) is 0 Å². The number of pyridine rings is 1. The number of aromatic nitrogens is 3. The van der Waals surface area contributed by atoms with Crippen molar-refractivity contribution in [1.29, 1.82) is 0 Å². The SMILES string of the molecule is Cn1c(=O)ccc2cnc(NC3CCNCC3)nc21. The number of hydrogen-bond acceptors (Lipinski definition) is 5. The second kappa shape index (κ2) is 4.97. The van der Waals surface area contributed by atoms with Gasteiger partial charge in [0.1, 0.15) is 5.65 Å². The molecule has 2 aromatic rings. The summed E-state index contributed by atoms with van der Waals surface area (Å²) in [5, 5.41) is 7.54. The van der Waals surface area contributed by atoms with Crippen molar-refractivity contribution >= 4 is 17.0 Å². The summed E-state index contributed by atoms with van der Waals surface area (Å²) >= 11 is 0. The van der Waals surface area contributed by atoms with Gasteiger partial charge in [0.05, 0.1) is 0 Å². The molecule has 6 heteroatoms. The summed E-state index contributed by atoms with van der Waals surface area (Å²) in [6.07, 6.45) is 3.88. The number of hydrogen-bond donors (Lipinski definition) is 2. The second-order valence-electron chi connectivity index (χ2n) is 4.87. The summed E-state index contributed by atoms with van der Waals surface area (Å²) in [6, 6.07) is 3.69. The largest absolute Gasteiger partial charge is 0.351 e. The van der Waals surface area contributed by atoms with Crippen molar-refractivity contribution in [2.45, 2.75) is 18.9 Å². The molecule has 19 heavy (non-hydrogen) atoms. The molecule has 0 spiro atoms. The zero-order chi connectivity index (χ0) is 13.2. The molecule has 0 saturated carbocycles. The lowest BCUT2D eigenvalue weighted by Gasteiger charge is -2.23. The Morgan fingerprint density at radius 3 is 2.95 bits per heavy atom. The molecule has 0 amide bonds. The standard InChI is InChI=1S/C13H17N5O/c1-18-11(19)3-2-9-8-15-13(17-12(9)18)16-10-4-6-14-7-5-10/h2-3,8,10,14H,4-7H2,1H3,(H,15,16,17). The fraction of sp³-hybridized carbons (Fsp3) is 0.462. The molecular weight excluding hydrogens is 242 g/mol. The van der Waals surface area contributed by atoms with Gasteiger partial charge in [-0.05, 0) is 32.0 Å². The molecule has 0 radical (unpaired) electrons. The van der Waals surface area contributed by atoms with Gasteiger partial charge in [0.15, 0.2) is 0 Å². The maximum absolute atomic E-state index is 11.6. The van der Waals surface area contributed by atoms with Crippen LogP contribution in [-0.2, 0) is 7.05 Å². The predicted octanol–water partition coefficient (Wildman–Crippen LogP) is 0.492. The summed E-state index contributed by atoms with van der Waals surface area (Å²) in [4.78, 5) is 20.4. The Kier molecular flexibility index (Phi) is 3.16. The maximum Gasteiger partial charge on any atom is 0.251 e. The summed E-state index contributed by atoms with van der Waals surface area (Å²) in [5.74, 6) is 0.598. The Balaban J connectivity index is 1.92. The molecule has 3 heterocycles. The van der Waals surface area contributed by atoms with Crippen LogP contribution in [-0.4, -0.2) is 33.7 Å². The molecule has 100 valence electrons. The molecule has 2 N–H and O–H groups in total. The van der Waals surface area contributed by atoms with E-state index in [-0.39, 0.29) is 5.56 Å². The lowest BCUT2D eigenvalue weighted by Crippen LogP contribution is -2.35. The number of piperidine rings is 1. The Morgan fingerprint density at radius 1 is 1.37 bits per heavy atom. The van der Waals surface area contributed by atoms with Crippen LogP contribution in [0.5, 0.6) is 0 Å². The number of nitrogens with one attached hydrogen (secondary N) is 2. The molecule has 6 nitrogen and oxygen atoms in total. The van der Waals surface area contributed by atoms with E-state index in [0.717, 1.165) is 31.3 Å². The third-order valence-corrected chi connectivity index (χ3v) is 3.52. The topological polar surface area (TPSA) is 71.8 Å². The van der Waals surface area contributed by atoms with Gasteiger partial charge >= 0.3 is 0 Å². The Morgan fingerprint density at radius 2 is 2.16 bits per heavy atom. The first-order valence-corrected chi connectivity index (χ1v) is 6.54. The van der Waals surface area contributed by atoms with E-state index in [0.29, 0.717) is 17.6 Å². The Hall–Kier alpha value is -1.95. The first-order chi connectivity index (χ1) is 9.24. The zero-order valence-corrected chi connectivity index (χ0v) is 10.9. The summed E-state index contributed by atoms with van der Waals surface area (Å²) in [6.45, 7) is 2.04. The van der Waals surface area contributed by atoms with Crippen molar-refractivity contribution in [2.75, 3.05) is 18.4 Å². The molecule has 1 saturated heterocycles. The van der Waals surface area contributed by atoms with Gasteiger partial charge in [-0.1, -0.05) is 0 Å². The van der Waals surface area contributed by atoms with E-state index in [2.05, 4.69) is 20.6 Å². The molecule has 1 fully saturated rings. The average Bonchev–Trinajstić information content (AvgIpc) is 2.45. The van der Waals surface area contributed by atoms with E-state index in [1.54, 1.807) is 23.9 Å². The fourth-order valence-corrected chi connectivity index (χ4v) is 2.36. The number of aryl methyl sites for hydroxylation is 1. The number of fused-ring (bicyclic) bond motifs is 1. The van der Waals surface area contributed by atoms with Crippen LogP contribution in [0.4, 0.5) is 5.95 Å². The third kappa shape index (κ3) is 2.44. The molecule has 0 aromatic carbocycles. The summed E-state index contributed by atoms with van der Waals surface area (Å²) in [7, 11) is 1.73. The number of rotatable bonds is 2. The second-order valence-corrected chi connectivity index (χ2v) is 4.87. The van der Waals surface area contributed by atoms with E-state index in [1.165, 1.54) is 6.07 Å². The van der Waals surface area contributed by atoms with Crippen LogP contribution in [0.2, 0.25) is 0 Å². The van der Waals surface area contributed by atoms with Crippen LogP contribution in [0.1, 0.15) is 12.8 Å². The molecule has 2 aromatic heterocycles. The highest BCUT2D eigenvalue weighted by molar-refractivity contribution is 5.74. The van der Waals surface area contributed by atoms with Gasteiger partial charge in [-0.3, -0.25) is 9.36 Å². The maximum atomic E-state index is 11.6. The highest BCUT2D eigenvalue weighted by Crippen LogP contribution is 2.13. The lowest BCUT2D eigenvalue weighted by atomic mass is 10.1. The smallest absolute Gasteiger partial charge is 0.251 e. The van der Waals surface area contributed by atoms with Gasteiger partial charge in [-0.2, -0.15) is 4.98 Å². The van der Waals surface area contributed by atoms with Crippen LogP contribution < -0.4 is 16.2 Å². The lowest BCUT2D eigenvalue weighted by molar-refractivity contribution is 0.477. The van der Waals surface area contributed by atoms with Crippen molar-refractivity contribution in [3.63, 3.8) is 0 Å². The van der Waals surface area contributed by atoms with Crippen molar-refractivity contribution < 1.29 is 0 Å². The highest BCUT2D eigenvalue weighted by Gasteiger charge is 2.14. The molecule has 3 rings (SSSR count). The van der Waals surface area contributed by atoms with Crippen LogP contribution in [0.3, 0.4) is 0 Å². The minimum absolute atomic E-state index is 0.0565. The molecule has 1 aliphatic rings. The van der Waals surface area contributed by atoms with E-state index >= 15 is 0 Å². The van der Waals surface area contributed by atoms with Gasteiger partial charge in [0.25, 0.3) is 5.56 Å². The fourth-order valence-electron chi connectivity index (χ4n) is 2.36. The summed E-state index contributed by atoms with van der Waals surface area (Å²) in [5.41, 5.74) is 0.609. The van der Waals surface area contributed by atoms with Gasteiger partial charge in [0, 0.05) is 30.7 Å². The number of anilines is 1. The van der Waals surface area contributed by atoms with E-state index in [1.807, 2.05) is 0 Å². The van der Waals surface area contributed by atoms with Crippen LogP contribution >= 0.6 is 0 Å². The van der Waals surface area contributed by atoms with Gasteiger partial charge in [0.2, 0.25) is 5.95 Å². The Labute approximate surface area is 110 Å². The van der Waals surface area contributed by atoms with E-state index < -0.39 is 0 Å². The number of nitrogens with zero attached hydrogens (tertiary/aromatic N) is 3. The quantitative estimate of drug-likeness (QED) is 0.821. The van der Waals surface area contributed by atoms with Crippen molar-refractivity contribution in [3.8, 4) is 0 Å². The van der Waals surface area contributed by atoms with Crippen LogP contribution in [0, 0.1) is 0 Å². The van der Waals surface area contributed by atoms with Crippen molar-refractivity contribution in [2.24, 2.45) is 7.05 Å². The van der Waals surface area contributed by atoms with Crippen LogP contribution in [0.15, 0.2) is 23.1 Å². The minimum atomic E-state index is -0.0565. The molecule has 1 aliphatic heterocycles. The highest BCUT2D eigenvalue weighted by atomic mass is 16.1. The van der Waals surface area contributed by atoms with E-state index in [4.69, 9.17) is 0 Å². The zero-order valence-electron chi connectivity index (χ0n) is 10.9. The molecular formula is C13H17N5O. The van der Waals surface area contributed by atoms with Crippen LogP contribution in [0.25, 0.3) is 11.0 Å². The molecule has 0 aliphatic carbocycles. The van der Waals surface area contributed by atoms with Gasteiger partial charge in [-0.25, -0.2) is 4.98 Å². The normalized spacial score (nSPS) is 16.7.